The third-order valence-corrected chi connectivity index (χ3v) is 4.36. The minimum absolute atomic E-state index is 0. The van der Waals surface area contributed by atoms with E-state index in [0.717, 1.165) is 32.5 Å². The van der Waals surface area contributed by atoms with Gasteiger partial charge in [0.25, 0.3) is 0 Å². The molecule has 0 saturated carbocycles. The lowest BCUT2D eigenvalue weighted by molar-refractivity contribution is -0.120. The molecular formula is C19H32IN5O2. The van der Waals surface area contributed by atoms with Crippen molar-refractivity contribution in [2.24, 2.45) is 4.99 Å². The van der Waals surface area contributed by atoms with Gasteiger partial charge in [-0.05, 0) is 24.9 Å². The van der Waals surface area contributed by atoms with Crippen LogP contribution in [0.15, 0.2) is 35.3 Å². The fourth-order valence-electron chi connectivity index (χ4n) is 3.07. The van der Waals surface area contributed by atoms with E-state index in [4.69, 9.17) is 4.74 Å². The van der Waals surface area contributed by atoms with Gasteiger partial charge in [-0.1, -0.05) is 30.3 Å². The van der Waals surface area contributed by atoms with Crippen LogP contribution >= 0.6 is 24.0 Å². The molecule has 3 N–H and O–H groups in total. The zero-order chi connectivity index (χ0) is 18.6. The van der Waals surface area contributed by atoms with Gasteiger partial charge in [0.1, 0.15) is 0 Å². The van der Waals surface area contributed by atoms with Crippen molar-refractivity contribution < 1.29 is 9.53 Å². The van der Waals surface area contributed by atoms with Crippen molar-refractivity contribution in [1.29, 1.82) is 0 Å². The molecule has 1 saturated heterocycles. The standard InChI is InChI=1S/C19H31N5O2.HI/c1-20-19(22-13-18(25)21-10-12-26-2)23-17-9-6-11-24(15-17)14-16-7-4-3-5-8-16;/h3-5,7-8,17H,6,9-15H2,1-2H3,(H,21,25)(H2,20,22,23);1H. The average Bonchev–Trinajstić information content (AvgIpc) is 2.66. The minimum atomic E-state index is -0.0700. The topological polar surface area (TPSA) is 78.0 Å². The highest BCUT2D eigenvalue weighted by Crippen LogP contribution is 2.13. The first kappa shape index (κ1) is 23.6. The Bertz CT molecular complexity index is 570. The molecule has 2 rings (SSSR count). The molecule has 0 spiro atoms. The van der Waals surface area contributed by atoms with Gasteiger partial charge in [0.05, 0.1) is 13.2 Å². The lowest BCUT2D eigenvalue weighted by Gasteiger charge is -2.33. The van der Waals surface area contributed by atoms with Crippen molar-refractivity contribution in [2.75, 3.05) is 46.9 Å². The molecule has 0 aliphatic carbocycles. The van der Waals surface area contributed by atoms with E-state index < -0.39 is 0 Å². The Morgan fingerprint density at radius 2 is 2.07 bits per heavy atom. The second-order valence-corrected chi connectivity index (χ2v) is 6.47. The van der Waals surface area contributed by atoms with E-state index in [-0.39, 0.29) is 36.4 Å². The number of rotatable bonds is 8. The van der Waals surface area contributed by atoms with Gasteiger partial charge in [-0.2, -0.15) is 0 Å². The normalized spacial score (nSPS) is 17.7. The fraction of sp³-hybridized carbons (Fsp3) is 0.579. The van der Waals surface area contributed by atoms with Gasteiger partial charge in [-0.15, -0.1) is 24.0 Å². The van der Waals surface area contributed by atoms with Gasteiger partial charge >= 0.3 is 0 Å². The predicted molar refractivity (Wildman–Crippen MR) is 120 cm³/mol. The zero-order valence-electron chi connectivity index (χ0n) is 16.2. The maximum atomic E-state index is 11.8. The Morgan fingerprint density at radius 3 is 2.78 bits per heavy atom. The number of amides is 1. The van der Waals surface area contributed by atoms with E-state index >= 15 is 0 Å². The molecule has 1 atom stereocenters. The van der Waals surface area contributed by atoms with E-state index in [0.29, 0.717) is 25.2 Å². The third-order valence-electron chi connectivity index (χ3n) is 4.36. The summed E-state index contributed by atoms with van der Waals surface area (Å²) in [6, 6.07) is 10.9. The van der Waals surface area contributed by atoms with E-state index in [1.165, 1.54) is 5.56 Å². The van der Waals surface area contributed by atoms with Gasteiger partial charge in [-0.3, -0.25) is 14.7 Å². The van der Waals surface area contributed by atoms with Gasteiger partial charge in [0.2, 0.25) is 5.91 Å². The predicted octanol–water partition coefficient (Wildman–Crippen LogP) is 1.20. The van der Waals surface area contributed by atoms with E-state index in [1.54, 1.807) is 14.2 Å². The van der Waals surface area contributed by atoms with Crippen LogP contribution in [0.1, 0.15) is 18.4 Å². The van der Waals surface area contributed by atoms with Crippen molar-refractivity contribution in [3.63, 3.8) is 0 Å². The van der Waals surface area contributed by atoms with Gasteiger partial charge in [-0.25, -0.2) is 0 Å². The summed E-state index contributed by atoms with van der Waals surface area (Å²) in [7, 11) is 3.34. The third kappa shape index (κ3) is 9.39. The monoisotopic (exact) mass is 489 g/mol. The van der Waals surface area contributed by atoms with Crippen LogP contribution in [0.25, 0.3) is 0 Å². The van der Waals surface area contributed by atoms with E-state index in [9.17, 15) is 4.79 Å². The highest BCUT2D eigenvalue weighted by Gasteiger charge is 2.20. The quantitative estimate of drug-likeness (QED) is 0.222. The molecule has 1 amide bonds. The zero-order valence-corrected chi connectivity index (χ0v) is 18.6. The maximum absolute atomic E-state index is 11.8. The number of hydrogen-bond acceptors (Lipinski definition) is 4. The summed E-state index contributed by atoms with van der Waals surface area (Å²) >= 11 is 0. The number of ether oxygens (including phenoxy) is 1. The molecule has 1 aliphatic heterocycles. The molecule has 0 radical (unpaired) electrons. The lowest BCUT2D eigenvalue weighted by Crippen LogP contribution is -2.52. The summed E-state index contributed by atoms with van der Waals surface area (Å²) in [5.41, 5.74) is 1.34. The van der Waals surface area contributed by atoms with Gasteiger partial charge in [0, 0.05) is 39.8 Å². The molecule has 8 heteroatoms. The number of aliphatic imine (C=N–C) groups is 1. The molecule has 1 aromatic carbocycles. The smallest absolute Gasteiger partial charge is 0.239 e. The first-order chi connectivity index (χ1) is 12.7. The number of nitrogens with one attached hydrogen (secondary N) is 3. The fourth-order valence-corrected chi connectivity index (χ4v) is 3.07. The lowest BCUT2D eigenvalue weighted by atomic mass is 10.0. The number of methoxy groups -OCH3 is 1. The number of carbonyl (C=O) groups excluding carboxylic acids is 1. The van der Waals surface area contributed by atoms with Crippen LogP contribution < -0.4 is 16.0 Å². The second-order valence-electron chi connectivity index (χ2n) is 6.47. The highest BCUT2D eigenvalue weighted by atomic mass is 127. The van der Waals surface area contributed by atoms with Gasteiger partial charge < -0.3 is 20.7 Å². The van der Waals surface area contributed by atoms with Crippen LogP contribution in [0.2, 0.25) is 0 Å². The number of likely N-dealkylation sites (tertiary alicyclic amines) is 1. The Hall–Kier alpha value is -1.39. The van der Waals surface area contributed by atoms with Crippen molar-refractivity contribution >= 4 is 35.8 Å². The summed E-state index contributed by atoms with van der Waals surface area (Å²) in [4.78, 5) is 18.5. The Kier molecular flexibility index (Phi) is 12.0. The summed E-state index contributed by atoms with van der Waals surface area (Å²) < 4.78 is 4.92. The summed E-state index contributed by atoms with van der Waals surface area (Å²) in [6.07, 6.45) is 2.25. The molecular weight excluding hydrogens is 457 g/mol. The Morgan fingerprint density at radius 1 is 1.30 bits per heavy atom. The minimum Gasteiger partial charge on any atom is -0.383 e. The number of carbonyl (C=O) groups is 1. The molecule has 0 bridgehead atoms. The van der Waals surface area contributed by atoms with Crippen molar-refractivity contribution in [1.82, 2.24) is 20.9 Å². The molecule has 1 aromatic rings. The van der Waals surface area contributed by atoms with Crippen molar-refractivity contribution in [3.05, 3.63) is 35.9 Å². The summed E-state index contributed by atoms with van der Waals surface area (Å²) in [5.74, 6) is 0.595. The number of piperidine rings is 1. The summed E-state index contributed by atoms with van der Waals surface area (Å²) in [6.45, 7) is 4.27. The molecule has 1 heterocycles. The Labute approximate surface area is 179 Å². The molecule has 152 valence electrons. The van der Waals surface area contributed by atoms with Crippen LogP contribution in [0, 0.1) is 0 Å². The molecule has 1 aliphatic rings. The number of halogens is 1. The van der Waals surface area contributed by atoms with Crippen LogP contribution in [0.4, 0.5) is 0 Å². The average molecular weight is 489 g/mol. The van der Waals surface area contributed by atoms with Crippen LogP contribution in [-0.2, 0) is 16.1 Å². The molecule has 27 heavy (non-hydrogen) atoms. The largest absolute Gasteiger partial charge is 0.383 e. The molecule has 1 unspecified atom stereocenters. The highest BCUT2D eigenvalue weighted by molar-refractivity contribution is 14.0. The second kappa shape index (κ2) is 13.7. The van der Waals surface area contributed by atoms with Crippen LogP contribution in [0.3, 0.4) is 0 Å². The van der Waals surface area contributed by atoms with Crippen molar-refractivity contribution in [3.8, 4) is 0 Å². The molecule has 7 nitrogen and oxygen atoms in total. The maximum Gasteiger partial charge on any atom is 0.239 e. The number of guanidine groups is 1. The summed E-state index contributed by atoms with van der Waals surface area (Å²) in [5, 5.41) is 9.30. The SMILES string of the molecule is CN=C(NCC(=O)NCCOC)NC1CCCN(Cc2ccccc2)C1.I. The van der Waals surface area contributed by atoms with Crippen LogP contribution in [-0.4, -0.2) is 69.8 Å². The van der Waals surface area contributed by atoms with Gasteiger partial charge in [0.15, 0.2) is 5.96 Å². The first-order valence-electron chi connectivity index (χ1n) is 9.20. The Balaban J connectivity index is 0.00000364. The van der Waals surface area contributed by atoms with Crippen molar-refractivity contribution in [2.45, 2.75) is 25.4 Å². The van der Waals surface area contributed by atoms with E-state index in [1.807, 2.05) is 6.07 Å². The first-order valence-corrected chi connectivity index (χ1v) is 9.20. The number of benzene rings is 1. The van der Waals surface area contributed by atoms with Crippen LogP contribution in [0.5, 0.6) is 0 Å². The molecule has 1 fully saturated rings. The number of nitrogens with zero attached hydrogens (tertiary/aromatic N) is 2. The van der Waals surface area contributed by atoms with E-state index in [2.05, 4.69) is 50.1 Å². The number of hydrogen-bond donors (Lipinski definition) is 3. The molecule has 0 aromatic heterocycles.